The molecule has 0 radical (unpaired) electrons. The van der Waals surface area contributed by atoms with Gasteiger partial charge in [0.15, 0.2) is 18.2 Å². The zero-order valence-electron chi connectivity index (χ0n) is 14.2. The van der Waals surface area contributed by atoms with Gasteiger partial charge in [0.1, 0.15) is 11.9 Å². The van der Waals surface area contributed by atoms with Crippen LogP contribution in [-0.4, -0.2) is 36.2 Å². The molecule has 27 heavy (non-hydrogen) atoms. The number of ether oxygens (including phenoxy) is 2. The van der Waals surface area contributed by atoms with Crippen molar-refractivity contribution in [2.24, 2.45) is 0 Å². The second-order valence-corrected chi connectivity index (χ2v) is 6.04. The Labute approximate surface area is 153 Å². The number of carboxylic acids is 1. The van der Waals surface area contributed by atoms with E-state index in [-0.39, 0.29) is 11.3 Å². The van der Waals surface area contributed by atoms with Crippen LogP contribution in [0.5, 0.6) is 5.75 Å². The lowest BCUT2D eigenvalue weighted by molar-refractivity contribution is -0.139. The number of carboxylic acid groups (broad SMARTS) is 1. The van der Waals surface area contributed by atoms with E-state index >= 15 is 0 Å². The number of aliphatic carboxylic acids is 1. The molecule has 0 bridgehead atoms. The van der Waals surface area contributed by atoms with E-state index in [0.29, 0.717) is 18.6 Å². The summed E-state index contributed by atoms with van der Waals surface area (Å²) in [5.74, 6) is -3.20. The van der Waals surface area contributed by atoms with Gasteiger partial charge < -0.3 is 19.9 Å². The summed E-state index contributed by atoms with van der Waals surface area (Å²) < 4.78 is 37.3. The van der Waals surface area contributed by atoms with Crippen molar-refractivity contribution >= 4 is 11.9 Å². The molecule has 8 heteroatoms. The molecular formula is C19H17F2NO5. The fraction of sp³-hybridized carbons (Fsp3) is 0.263. The largest absolute Gasteiger partial charge is 0.482 e. The summed E-state index contributed by atoms with van der Waals surface area (Å²) in [7, 11) is 0. The topological polar surface area (TPSA) is 84.9 Å². The van der Waals surface area contributed by atoms with E-state index in [1.165, 1.54) is 12.1 Å². The number of benzene rings is 2. The number of rotatable bonds is 6. The van der Waals surface area contributed by atoms with Crippen LogP contribution < -0.4 is 10.1 Å². The minimum absolute atomic E-state index is 0.255. The smallest absolute Gasteiger partial charge is 0.341 e. The second-order valence-electron chi connectivity index (χ2n) is 6.04. The third-order valence-electron chi connectivity index (χ3n) is 4.14. The van der Waals surface area contributed by atoms with E-state index in [2.05, 4.69) is 5.32 Å². The third-order valence-corrected chi connectivity index (χ3v) is 4.14. The van der Waals surface area contributed by atoms with Crippen LogP contribution in [0.1, 0.15) is 28.4 Å². The van der Waals surface area contributed by atoms with Crippen molar-refractivity contribution in [1.82, 2.24) is 5.32 Å². The fourth-order valence-electron chi connectivity index (χ4n) is 2.88. The van der Waals surface area contributed by atoms with E-state index in [0.717, 1.165) is 12.1 Å². The number of carbonyl (C=O) groups excluding carboxylic acids is 1. The second kappa shape index (κ2) is 8.13. The maximum atomic E-state index is 13.5. The Morgan fingerprint density at radius 2 is 2.00 bits per heavy atom. The predicted molar refractivity (Wildman–Crippen MR) is 90.5 cm³/mol. The molecule has 142 valence electrons. The first-order valence-electron chi connectivity index (χ1n) is 8.26. The molecule has 0 aliphatic carbocycles. The average Bonchev–Trinajstić information content (AvgIpc) is 3.10. The highest BCUT2D eigenvalue weighted by atomic mass is 19.2. The highest BCUT2D eigenvalue weighted by Gasteiger charge is 2.31. The molecule has 1 heterocycles. The van der Waals surface area contributed by atoms with Crippen LogP contribution in [0.15, 0.2) is 42.5 Å². The van der Waals surface area contributed by atoms with Gasteiger partial charge in [0.25, 0.3) is 5.91 Å². The van der Waals surface area contributed by atoms with E-state index in [1.807, 2.05) is 0 Å². The molecule has 2 aromatic carbocycles. The highest BCUT2D eigenvalue weighted by Crippen LogP contribution is 2.30. The fourth-order valence-corrected chi connectivity index (χ4v) is 2.88. The van der Waals surface area contributed by atoms with Crippen molar-refractivity contribution in [2.75, 3.05) is 13.2 Å². The SMILES string of the molecule is O=C(O)COc1cccc(C(=O)NC2CCOC2c2ccc(F)c(F)c2)c1. The van der Waals surface area contributed by atoms with Crippen LogP contribution in [-0.2, 0) is 9.53 Å². The van der Waals surface area contributed by atoms with Crippen LogP contribution in [0.4, 0.5) is 8.78 Å². The van der Waals surface area contributed by atoms with Gasteiger partial charge in [-0.2, -0.15) is 0 Å². The molecule has 0 spiro atoms. The number of hydrogen-bond acceptors (Lipinski definition) is 4. The molecule has 2 aromatic rings. The quantitative estimate of drug-likeness (QED) is 0.809. The molecule has 1 amide bonds. The molecule has 6 nitrogen and oxygen atoms in total. The van der Waals surface area contributed by atoms with Crippen LogP contribution in [0.2, 0.25) is 0 Å². The Hall–Kier alpha value is -3.00. The van der Waals surface area contributed by atoms with Crippen LogP contribution >= 0.6 is 0 Å². The molecule has 0 aromatic heterocycles. The molecule has 1 saturated heterocycles. The van der Waals surface area contributed by atoms with Crippen molar-refractivity contribution < 1.29 is 33.0 Å². The zero-order chi connectivity index (χ0) is 19.4. The van der Waals surface area contributed by atoms with E-state index in [4.69, 9.17) is 14.6 Å². The van der Waals surface area contributed by atoms with Crippen LogP contribution in [0.3, 0.4) is 0 Å². The van der Waals surface area contributed by atoms with Crippen molar-refractivity contribution in [3.05, 3.63) is 65.2 Å². The Balaban J connectivity index is 1.70. The maximum Gasteiger partial charge on any atom is 0.341 e. The Morgan fingerprint density at radius 3 is 2.74 bits per heavy atom. The molecule has 0 saturated carbocycles. The lowest BCUT2D eigenvalue weighted by Gasteiger charge is -2.20. The van der Waals surface area contributed by atoms with Gasteiger partial charge in [-0.25, -0.2) is 13.6 Å². The first-order chi connectivity index (χ1) is 12.9. The van der Waals surface area contributed by atoms with Gasteiger partial charge in [0, 0.05) is 12.2 Å². The van der Waals surface area contributed by atoms with Crippen molar-refractivity contribution in [2.45, 2.75) is 18.6 Å². The summed E-state index contributed by atoms with van der Waals surface area (Å²) in [6.45, 7) is -0.143. The summed E-state index contributed by atoms with van der Waals surface area (Å²) in [5.41, 5.74) is 0.726. The van der Waals surface area contributed by atoms with Crippen molar-refractivity contribution in [3.8, 4) is 5.75 Å². The summed E-state index contributed by atoms with van der Waals surface area (Å²) in [6, 6.07) is 9.21. The minimum atomic E-state index is -1.12. The maximum absolute atomic E-state index is 13.5. The monoisotopic (exact) mass is 377 g/mol. The van der Waals surface area contributed by atoms with Gasteiger partial charge in [0.2, 0.25) is 0 Å². The van der Waals surface area contributed by atoms with Gasteiger partial charge in [0.05, 0.1) is 6.04 Å². The Bertz CT molecular complexity index is 858. The molecule has 2 atom stereocenters. The molecule has 1 aliphatic heterocycles. The van der Waals surface area contributed by atoms with Gasteiger partial charge in [-0.05, 0) is 42.3 Å². The standard InChI is InChI=1S/C19H17F2NO5/c20-14-5-4-11(9-15(14)21)18-16(6-7-26-18)22-19(25)12-2-1-3-13(8-12)27-10-17(23)24/h1-5,8-9,16,18H,6-7,10H2,(H,22,25)(H,23,24). The number of carbonyl (C=O) groups is 2. The number of nitrogens with one attached hydrogen (secondary N) is 1. The van der Waals surface area contributed by atoms with E-state index in [1.54, 1.807) is 18.2 Å². The Kier molecular flexibility index (Phi) is 5.66. The summed E-state index contributed by atoms with van der Waals surface area (Å²) in [4.78, 5) is 23.1. The Morgan fingerprint density at radius 1 is 1.19 bits per heavy atom. The summed E-state index contributed by atoms with van der Waals surface area (Å²) in [6.07, 6.45) is -0.0690. The molecule has 3 rings (SSSR count). The highest BCUT2D eigenvalue weighted by molar-refractivity contribution is 5.94. The number of hydrogen-bond donors (Lipinski definition) is 2. The van der Waals surface area contributed by atoms with Crippen LogP contribution in [0.25, 0.3) is 0 Å². The van der Waals surface area contributed by atoms with E-state index < -0.39 is 42.3 Å². The van der Waals surface area contributed by atoms with Crippen LogP contribution in [0, 0.1) is 11.6 Å². The lowest BCUT2D eigenvalue weighted by Crippen LogP contribution is -2.36. The van der Waals surface area contributed by atoms with Gasteiger partial charge in [-0.3, -0.25) is 4.79 Å². The van der Waals surface area contributed by atoms with Gasteiger partial charge in [-0.15, -0.1) is 0 Å². The first-order valence-corrected chi connectivity index (χ1v) is 8.26. The number of amides is 1. The molecule has 2 N–H and O–H groups in total. The van der Waals surface area contributed by atoms with Gasteiger partial charge >= 0.3 is 5.97 Å². The predicted octanol–water partition coefficient (Wildman–Crippen LogP) is 2.69. The average molecular weight is 377 g/mol. The van der Waals surface area contributed by atoms with Gasteiger partial charge in [-0.1, -0.05) is 12.1 Å². The first kappa shape index (κ1) is 18.8. The third kappa shape index (κ3) is 4.59. The lowest BCUT2D eigenvalue weighted by atomic mass is 10.0. The van der Waals surface area contributed by atoms with Crippen molar-refractivity contribution in [3.63, 3.8) is 0 Å². The summed E-state index contributed by atoms with van der Waals surface area (Å²) in [5, 5.41) is 11.5. The molecule has 1 aliphatic rings. The minimum Gasteiger partial charge on any atom is -0.482 e. The van der Waals surface area contributed by atoms with E-state index in [9.17, 15) is 18.4 Å². The molecule has 1 fully saturated rings. The molecular weight excluding hydrogens is 360 g/mol. The number of halogens is 2. The summed E-state index contributed by atoms with van der Waals surface area (Å²) >= 11 is 0. The normalized spacial score (nSPS) is 18.9. The molecule has 2 unspecified atom stereocenters. The zero-order valence-corrected chi connectivity index (χ0v) is 14.2. The van der Waals surface area contributed by atoms with Crippen molar-refractivity contribution in [1.29, 1.82) is 0 Å².